The van der Waals surface area contributed by atoms with Crippen LogP contribution in [0, 0.1) is 0 Å². The van der Waals surface area contributed by atoms with Crippen LogP contribution in [0.2, 0.25) is 0 Å². The van der Waals surface area contributed by atoms with Gasteiger partial charge in [0.25, 0.3) is 0 Å². The third kappa shape index (κ3) is 8.99. The number of ether oxygens (including phenoxy) is 1. The van der Waals surface area contributed by atoms with Crippen LogP contribution in [0.5, 0.6) is 5.75 Å². The van der Waals surface area contributed by atoms with Crippen molar-refractivity contribution >= 4 is 63.1 Å². The number of hydrogen-bond acceptors (Lipinski definition) is 4. The molecule has 5 heteroatoms. The van der Waals surface area contributed by atoms with Crippen molar-refractivity contribution in [1.29, 1.82) is 0 Å². The van der Waals surface area contributed by atoms with Crippen molar-refractivity contribution in [1.82, 2.24) is 0 Å². The highest BCUT2D eigenvalue weighted by atomic mass is 16.5. The van der Waals surface area contributed by atoms with Crippen molar-refractivity contribution in [3.8, 4) is 28.0 Å². The first kappa shape index (κ1) is 55.1. The van der Waals surface area contributed by atoms with E-state index in [1.807, 2.05) is 0 Å². The number of anilines is 8. The van der Waals surface area contributed by atoms with E-state index in [0.717, 1.165) is 54.2 Å². The van der Waals surface area contributed by atoms with E-state index < -0.39 is 0 Å². The highest BCUT2D eigenvalue weighted by Crippen LogP contribution is 2.59. The summed E-state index contributed by atoms with van der Waals surface area (Å²) < 4.78 is 7.98. The minimum absolute atomic E-state index is 0.00677. The quantitative estimate of drug-likeness (QED) is 0.148. The number of hydrogen-bond donors (Lipinski definition) is 0. The molecule has 2 unspecified atom stereocenters. The zero-order valence-electron chi connectivity index (χ0n) is 52.8. The van der Waals surface area contributed by atoms with Gasteiger partial charge in [-0.25, -0.2) is 0 Å². The Balaban J connectivity index is 1.13. The molecule has 5 aliphatic rings. The van der Waals surface area contributed by atoms with Gasteiger partial charge in [-0.15, -0.1) is 0 Å². The van der Waals surface area contributed by atoms with Gasteiger partial charge in [-0.1, -0.05) is 212 Å². The van der Waals surface area contributed by atoms with E-state index in [1.54, 1.807) is 0 Å². The van der Waals surface area contributed by atoms with Crippen LogP contribution in [0.15, 0.2) is 194 Å². The molecule has 2 aliphatic carbocycles. The second kappa shape index (κ2) is 19.4. The van der Waals surface area contributed by atoms with Gasteiger partial charge in [0.15, 0.2) is 6.23 Å². The van der Waals surface area contributed by atoms with Crippen LogP contribution < -0.4 is 30.4 Å². The van der Waals surface area contributed by atoms with Gasteiger partial charge >= 0.3 is 0 Å². The number of para-hydroxylation sites is 2. The van der Waals surface area contributed by atoms with E-state index in [-0.39, 0.29) is 51.2 Å². The molecule has 0 saturated carbocycles. The van der Waals surface area contributed by atoms with Gasteiger partial charge < -0.3 is 19.4 Å². The predicted octanol–water partition coefficient (Wildman–Crippen LogP) is 20.4. The summed E-state index contributed by atoms with van der Waals surface area (Å²) >= 11 is 0. The van der Waals surface area contributed by atoms with E-state index in [4.69, 9.17) is 4.74 Å². The fraction of sp³-hybridized carbons (Fsp3) is 0.325. The van der Waals surface area contributed by atoms with Gasteiger partial charge in [0.2, 0.25) is 6.71 Å². The molecule has 3 heterocycles. The lowest BCUT2D eigenvalue weighted by Gasteiger charge is -2.50. The molecule has 0 aromatic heterocycles. The summed E-state index contributed by atoms with van der Waals surface area (Å²) in [6.45, 7) is 34.0. The Bertz CT molecular complexity index is 4050. The summed E-state index contributed by atoms with van der Waals surface area (Å²) in [4.78, 5) is 7.83. The first-order chi connectivity index (χ1) is 40.4. The van der Waals surface area contributed by atoms with E-state index in [2.05, 4.69) is 306 Å². The van der Waals surface area contributed by atoms with Crippen LogP contribution in [-0.4, -0.2) is 12.9 Å². The molecule has 0 spiro atoms. The van der Waals surface area contributed by atoms with Crippen LogP contribution in [0.25, 0.3) is 22.3 Å². The Morgan fingerprint density at radius 1 is 0.424 bits per heavy atom. The van der Waals surface area contributed by atoms with Gasteiger partial charge in [-0.3, -0.25) is 0 Å². The lowest BCUT2D eigenvalue weighted by atomic mass is 9.29. The molecule has 85 heavy (non-hydrogen) atoms. The third-order valence-electron chi connectivity index (χ3n) is 20.7. The van der Waals surface area contributed by atoms with Gasteiger partial charge in [-0.2, -0.15) is 0 Å². The standard InChI is InChI=1S/C80H84BN3O/c1-75(2,3)53-35-37-67(58(43-53)51-27-19-15-20-28-51)84-70-45-54(76(4,5)6)44-69-73(70)81(72-60-47-61-64(50-71(60)85-74(72)84)80(13,14)42-39-77(61,7)8)65-48-62-63(79(11,12)41-40-78(62,9)10)49-68(65)83(69)66-38-36-57(46-59(66)52-29-21-16-22-30-52)82(55-31-23-17-24-32-55)56-33-25-18-26-34-56/h15-38,43-50,72,74H,39-42H2,1-14H3. The molecule has 9 aromatic carbocycles. The number of rotatable bonds is 7. The second-order valence-electron chi connectivity index (χ2n) is 30.2. The SMILES string of the molecule is CC(C)(C)c1ccc(N2c3cc(C(C)(C)C)cc4c3B(c3cc5c(cc3N4c3ccc(N(c4ccccc4)c4ccccc4)cc3-c3ccccc3)C(C)(C)CCC5(C)C)C3c4cc5c(cc4OC32)C(C)(C)CCC5(C)C)c(-c2ccccc2)c1. The lowest BCUT2D eigenvalue weighted by Crippen LogP contribution is -2.63. The van der Waals surface area contributed by atoms with Crippen molar-refractivity contribution < 1.29 is 4.74 Å². The van der Waals surface area contributed by atoms with Gasteiger partial charge in [0.05, 0.1) is 11.4 Å². The molecule has 0 saturated heterocycles. The Hall–Kier alpha value is -7.76. The predicted molar refractivity (Wildman–Crippen MR) is 362 cm³/mol. The molecule has 0 radical (unpaired) electrons. The number of nitrogens with zero attached hydrogens (tertiary/aromatic N) is 3. The zero-order valence-corrected chi connectivity index (χ0v) is 52.8. The zero-order chi connectivity index (χ0) is 59.3. The van der Waals surface area contributed by atoms with Crippen LogP contribution >= 0.6 is 0 Å². The second-order valence-corrected chi connectivity index (χ2v) is 30.2. The molecule has 3 aliphatic heterocycles. The van der Waals surface area contributed by atoms with Crippen molar-refractivity contribution in [3.63, 3.8) is 0 Å². The monoisotopic (exact) mass is 1110 g/mol. The molecule has 14 rings (SSSR count). The smallest absolute Gasteiger partial charge is 0.231 e. The molecule has 0 bridgehead atoms. The normalized spacial score (nSPS) is 19.2. The largest absolute Gasteiger partial charge is 0.470 e. The first-order valence-corrected chi connectivity index (χ1v) is 31.5. The van der Waals surface area contributed by atoms with E-state index in [1.165, 1.54) is 94.9 Å². The van der Waals surface area contributed by atoms with Crippen LogP contribution in [0.1, 0.15) is 167 Å². The topological polar surface area (TPSA) is 19.0 Å². The Morgan fingerprint density at radius 2 is 0.894 bits per heavy atom. The first-order valence-electron chi connectivity index (χ1n) is 31.5. The summed E-state index contributed by atoms with van der Waals surface area (Å²) in [5, 5.41) is 0. The average molecular weight is 1110 g/mol. The fourth-order valence-electron chi connectivity index (χ4n) is 15.4. The Morgan fingerprint density at radius 3 is 1.44 bits per heavy atom. The van der Waals surface area contributed by atoms with Gasteiger partial charge in [0.1, 0.15) is 5.75 Å². The molecule has 0 fully saturated rings. The van der Waals surface area contributed by atoms with Gasteiger partial charge in [0, 0.05) is 51.1 Å². The molecule has 0 amide bonds. The summed E-state index contributed by atoms with van der Waals surface area (Å²) in [7, 11) is 0. The van der Waals surface area contributed by atoms with Crippen molar-refractivity contribution in [2.75, 3.05) is 14.7 Å². The molecular formula is C80H84BN3O. The van der Waals surface area contributed by atoms with E-state index >= 15 is 0 Å². The van der Waals surface area contributed by atoms with Crippen molar-refractivity contribution in [2.45, 2.75) is 167 Å². The highest BCUT2D eigenvalue weighted by Gasteiger charge is 2.57. The maximum Gasteiger partial charge on any atom is 0.231 e. The molecule has 2 atom stereocenters. The maximum atomic E-state index is 7.98. The average Bonchev–Trinajstić information content (AvgIpc) is 1.91. The van der Waals surface area contributed by atoms with Gasteiger partial charge in [-0.05, 0) is 198 Å². The van der Waals surface area contributed by atoms with Crippen LogP contribution in [-0.2, 0) is 32.5 Å². The maximum absolute atomic E-state index is 7.98. The summed E-state index contributed by atoms with van der Waals surface area (Å²) in [6, 6.07) is 74.3. The van der Waals surface area contributed by atoms with E-state index in [9.17, 15) is 0 Å². The molecule has 0 N–H and O–H groups in total. The van der Waals surface area contributed by atoms with E-state index in [0.29, 0.717) is 0 Å². The summed E-state index contributed by atoms with van der Waals surface area (Å²) in [5.41, 5.74) is 26.3. The Labute approximate surface area is 508 Å². The molecule has 4 nitrogen and oxygen atoms in total. The minimum atomic E-state index is -0.352. The number of fused-ring (bicyclic) bond motifs is 8. The molecular weight excluding hydrogens is 1030 g/mol. The molecule has 9 aromatic rings. The Kier molecular flexibility index (Phi) is 12.6. The number of benzene rings is 9. The van der Waals surface area contributed by atoms with Crippen LogP contribution in [0.3, 0.4) is 0 Å². The summed E-state index contributed by atoms with van der Waals surface area (Å²) in [5.74, 6) is 0.980. The van der Waals surface area contributed by atoms with Crippen molar-refractivity contribution in [2.24, 2.45) is 0 Å². The molecule has 428 valence electrons. The minimum Gasteiger partial charge on any atom is -0.470 e. The summed E-state index contributed by atoms with van der Waals surface area (Å²) in [6.07, 6.45) is 4.19. The fourth-order valence-corrected chi connectivity index (χ4v) is 15.4. The highest BCUT2D eigenvalue weighted by molar-refractivity contribution is 6.91. The van der Waals surface area contributed by atoms with Crippen molar-refractivity contribution in [3.05, 3.63) is 233 Å². The third-order valence-corrected chi connectivity index (χ3v) is 20.7. The lowest BCUT2D eigenvalue weighted by molar-refractivity contribution is 0.231. The van der Waals surface area contributed by atoms with Crippen LogP contribution in [0.4, 0.5) is 45.5 Å².